The number of likely N-dealkylation sites (tertiary alicyclic amines) is 1. The van der Waals surface area contributed by atoms with Crippen molar-refractivity contribution in [3.8, 4) is 11.8 Å². The molecule has 35 heavy (non-hydrogen) atoms. The van der Waals surface area contributed by atoms with Gasteiger partial charge in [0.05, 0.1) is 49.9 Å². The van der Waals surface area contributed by atoms with Gasteiger partial charge >= 0.3 is 12.2 Å². The van der Waals surface area contributed by atoms with Crippen LogP contribution in [0.5, 0.6) is 11.8 Å². The zero-order valence-electron chi connectivity index (χ0n) is 19.5. The number of aliphatic hydroxyl groups is 1. The van der Waals surface area contributed by atoms with Crippen molar-refractivity contribution in [2.75, 3.05) is 51.8 Å². The second-order valence-electron chi connectivity index (χ2n) is 8.43. The van der Waals surface area contributed by atoms with Gasteiger partial charge < -0.3 is 29.3 Å². The number of hydrogen-bond donors (Lipinski definition) is 1. The number of alkyl halides is 3. The lowest BCUT2D eigenvalue weighted by molar-refractivity contribution is -0.139. The lowest BCUT2D eigenvalue weighted by atomic mass is 10.1. The fourth-order valence-corrected chi connectivity index (χ4v) is 4.26. The Bertz CT molecular complexity index is 1070. The van der Waals surface area contributed by atoms with E-state index in [1.807, 2.05) is 0 Å². The zero-order valence-corrected chi connectivity index (χ0v) is 19.5. The number of halogens is 3. The number of aromatic nitrogens is 3. The molecule has 2 aromatic heterocycles. The largest absolute Gasteiger partial charge is 0.481 e. The Morgan fingerprint density at radius 2 is 2.06 bits per heavy atom. The molecule has 1 N–H and O–H groups in total. The quantitative estimate of drug-likeness (QED) is 0.648. The molecule has 4 rings (SSSR count). The summed E-state index contributed by atoms with van der Waals surface area (Å²) in [5.41, 5.74) is 0.844. The summed E-state index contributed by atoms with van der Waals surface area (Å²) in [6.07, 6.45) is -1.01. The lowest BCUT2D eigenvalue weighted by Gasteiger charge is -2.31. The number of anilines is 1. The van der Waals surface area contributed by atoms with Crippen molar-refractivity contribution in [3.63, 3.8) is 0 Å². The highest BCUT2D eigenvalue weighted by Crippen LogP contribution is 2.38. The number of pyridine rings is 1. The van der Waals surface area contributed by atoms with Gasteiger partial charge in [0.25, 0.3) is 0 Å². The van der Waals surface area contributed by atoms with Crippen molar-refractivity contribution in [3.05, 3.63) is 35.4 Å². The molecule has 0 aliphatic carbocycles. The van der Waals surface area contributed by atoms with E-state index >= 15 is 0 Å². The van der Waals surface area contributed by atoms with Gasteiger partial charge in [0.1, 0.15) is 18.0 Å². The molecule has 1 fully saturated rings. The van der Waals surface area contributed by atoms with Gasteiger partial charge in [-0.2, -0.15) is 13.2 Å². The van der Waals surface area contributed by atoms with Crippen molar-refractivity contribution in [1.29, 1.82) is 0 Å². The molecular weight excluding hydrogens is 469 g/mol. The monoisotopic (exact) mass is 496 g/mol. The van der Waals surface area contributed by atoms with Crippen LogP contribution in [0.15, 0.2) is 18.6 Å². The molecule has 2 amide bonds. The van der Waals surface area contributed by atoms with E-state index in [2.05, 4.69) is 15.0 Å². The summed E-state index contributed by atoms with van der Waals surface area (Å²) >= 11 is 0. The fourth-order valence-electron chi connectivity index (χ4n) is 4.26. The normalized spacial score (nSPS) is 17.8. The first-order valence-corrected chi connectivity index (χ1v) is 11.2. The number of aliphatic hydroxyl groups excluding tert-OH is 1. The lowest BCUT2D eigenvalue weighted by Crippen LogP contribution is -2.41. The molecule has 2 aliphatic heterocycles. The Morgan fingerprint density at radius 1 is 1.26 bits per heavy atom. The highest BCUT2D eigenvalue weighted by Gasteiger charge is 2.37. The Morgan fingerprint density at radius 3 is 2.77 bits per heavy atom. The summed E-state index contributed by atoms with van der Waals surface area (Å²) < 4.78 is 51.3. The maximum Gasteiger partial charge on any atom is 0.421 e. The summed E-state index contributed by atoms with van der Waals surface area (Å²) in [7, 11) is 2.78. The minimum absolute atomic E-state index is 0.117. The van der Waals surface area contributed by atoms with Gasteiger partial charge in [0.2, 0.25) is 11.8 Å². The van der Waals surface area contributed by atoms with Crippen LogP contribution in [0.1, 0.15) is 23.2 Å². The van der Waals surface area contributed by atoms with Crippen LogP contribution in [0, 0.1) is 0 Å². The smallest absolute Gasteiger partial charge is 0.421 e. The molecule has 0 bridgehead atoms. The van der Waals surface area contributed by atoms with E-state index in [0.717, 1.165) is 18.9 Å². The van der Waals surface area contributed by atoms with Crippen LogP contribution in [-0.2, 0) is 19.1 Å². The van der Waals surface area contributed by atoms with Crippen molar-refractivity contribution < 1.29 is 32.5 Å². The van der Waals surface area contributed by atoms with Gasteiger partial charge in [0.15, 0.2) is 0 Å². The minimum atomic E-state index is -4.60. The van der Waals surface area contributed by atoms with E-state index in [9.17, 15) is 18.0 Å². The van der Waals surface area contributed by atoms with Crippen molar-refractivity contribution in [2.24, 2.45) is 0 Å². The third kappa shape index (κ3) is 5.34. The molecule has 2 aromatic rings. The second kappa shape index (κ2) is 10.1. The predicted octanol–water partition coefficient (Wildman–Crippen LogP) is 1.96. The highest BCUT2D eigenvalue weighted by molar-refractivity contribution is 5.74. The number of urea groups is 1. The first-order valence-electron chi connectivity index (χ1n) is 11.2. The molecule has 0 radical (unpaired) electrons. The van der Waals surface area contributed by atoms with Crippen LogP contribution in [0.3, 0.4) is 0 Å². The summed E-state index contributed by atoms with van der Waals surface area (Å²) in [6.45, 7) is 1.72. The maximum atomic E-state index is 13.5. The van der Waals surface area contributed by atoms with Crippen LogP contribution in [0.4, 0.5) is 23.7 Å². The van der Waals surface area contributed by atoms with Gasteiger partial charge in [-0.15, -0.1) is 0 Å². The number of methoxy groups -OCH3 is 1. The summed E-state index contributed by atoms with van der Waals surface area (Å²) in [4.78, 5) is 29.8. The number of carbonyl (C=O) groups excluding carboxylic acids is 1. The molecular formula is C22H27F3N6O4. The van der Waals surface area contributed by atoms with E-state index in [4.69, 9.17) is 14.6 Å². The number of nitrogens with zero attached hydrogens (tertiary/aromatic N) is 6. The van der Waals surface area contributed by atoms with Crippen molar-refractivity contribution >= 4 is 11.7 Å². The number of likely N-dealkylation sites (N-methyl/N-ethyl adjacent to an activating group) is 1. The zero-order chi connectivity index (χ0) is 25.2. The molecule has 190 valence electrons. The number of amides is 2. The first-order chi connectivity index (χ1) is 16.7. The molecule has 4 heterocycles. The summed E-state index contributed by atoms with van der Waals surface area (Å²) in [5, 5.41) is 9.05. The van der Waals surface area contributed by atoms with Gasteiger partial charge in [-0.05, 0) is 6.07 Å². The van der Waals surface area contributed by atoms with E-state index in [0.29, 0.717) is 49.6 Å². The Hall–Kier alpha value is -3.35. The molecule has 1 unspecified atom stereocenters. The van der Waals surface area contributed by atoms with Crippen LogP contribution < -0.4 is 14.4 Å². The number of ether oxygens (including phenoxy) is 2. The second-order valence-corrected chi connectivity index (χ2v) is 8.43. The third-order valence-corrected chi connectivity index (χ3v) is 6.12. The average molecular weight is 496 g/mol. The van der Waals surface area contributed by atoms with Crippen LogP contribution in [0.2, 0.25) is 0 Å². The fraction of sp³-hybridized carbons (Fsp3) is 0.545. The SMILES string of the molecule is COc1ncc(N2CCc3ncnc(OC4CCN(C(=O)N(C)CCO)C4)c3C2)cc1C(F)(F)F. The molecule has 10 nitrogen and oxygen atoms in total. The molecule has 0 aromatic carbocycles. The molecule has 1 atom stereocenters. The van der Waals surface area contributed by atoms with E-state index < -0.39 is 17.6 Å². The van der Waals surface area contributed by atoms with Crippen LogP contribution in [0.25, 0.3) is 0 Å². The van der Waals surface area contributed by atoms with Gasteiger partial charge in [0, 0.05) is 39.5 Å². The molecule has 0 spiro atoms. The van der Waals surface area contributed by atoms with Gasteiger partial charge in [-0.1, -0.05) is 0 Å². The number of fused-ring (bicyclic) bond motifs is 1. The number of hydrogen-bond acceptors (Lipinski definition) is 8. The third-order valence-electron chi connectivity index (χ3n) is 6.12. The highest BCUT2D eigenvalue weighted by atomic mass is 19.4. The average Bonchev–Trinajstić information content (AvgIpc) is 3.31. The van der Waals surface area contributed by atoms with E-state index in [1.54, 1.807) is 16.8 Å². The topological polar surface area (TPSA) is 104 Å². The van der Waals surface area contributed by atoms with Crippen LogP contribution in [-0.4, -0.2) is 88.9 Å². The molecule has 13 heteroatoms. The predicted molar refractivity (Wildman–Crippen MR) is 118 cm³/mol. The molecule has 1 saturated heterocycles. The summed E-state index contributed by atoms with van der Waals surface area (Å²) in [6, 6.07) is 0.846. The number of rotatable bonds is 6. The van der Waals surface area contributed by atoms with Crippen LogP contribution >= 0.6 is 0 Å². The Kier molecular flexibility index (Phi) is 7.15. The standard InChI is InChI=1S/C22H27F3N6O4/c1-29(7-8-32)21(33)31-5-3-15(11-31)35-19-16-12-30(6-4-18(16)27-13-28-19)14-9-17(22(23,24)25)20(34-2)26-10-14/h9-10,13,15,32H,3-8,11-12H2,1-2H3. The minimum Gasteiger partial charge on any atom is -0.481 e. The van der Waals surface area contributed by atoms with E-state index in [1.165, 1.54) is 17.4 Å². The van der Waals surface area contributed by atoms with E-state index in [-0.39, 0.29) is 31.8 Å². The number of carbonyl (C=O) groups is 1. The van der Waals surface area contributed by atoms with Gasteiger partial charge in [-0.3, -0.25) is 0 Å². The van der Waals surface area contributed by atoms with Crippen molar-refractivity contribution in [1.82, 2.24) is 24.8 Å². The van der Waals surface area contributed by atoms with Gasteiger partial charge in [-0.25, -0.2) is 19.7 Å². The van der Waals surface area contributed by atoms with Crippen molar-refractivity contribution in [2.45, 2.75) is 31.7 Å². The Balaban J connectivity index is 1.50. The maximum absolute atomic E-state index is 13.5. The Labute approximate surface area is 200 Å². The molecule has 0 saturated carbocycles. The molecule has 2 aliphatic rings. The summed E-state index contributed by atoms with van der Waals surface area (Å²) in [5.74, 6) is -0.115. The first kappa shape index (κ1) is 24.8.